The molecule has 21 heavy (non-hydrogen) atoms. The monoisotopic (exact) mass is 291 g/mol. The first kappa shape index (κ1) is 15.6. The second-order valence-corrected chi connectivity index (χ2v) is 4.89. The van der Waals surface area contributed by atoms with E-state index in [1.54, 1.807) is 6.20 Å². The van der Waals surface area contributed by atoms with E-state index in [1.807, 2.05) is 16.8 Å². The molecule has 2 heterocycles. The first-order valence-electron chi connectivity index (χ1n) is 7.71. The molecule has 0 aromatic carbocycles. The molecule has 2 rings (SSSR count). The van der Waals surface area contributed by atoms with Crippen molar-refractivity contribution in [2.75, 3.05) is 38.1 Å². The minimum Gasteiger partial charge on any atom is -0.474 e. The highest BCUT2D eigenvalue weighted by Crippen LogP contribution is 2.18. The molecule has 116 valence electrons. The number of nitrogens with zero attached hydrogens (tertiary/aromatic N) is 4. The Morgan fingerprint density at radius 3 is 2.81 bits per heavy atom. The van der Waals surface area contributed by atoms with E-state index in [-0.39, 0.29) is 0 Å². The van der Waals surface area contributed by atoms with Crippen molar-refractivity contribution in [3.63, 3.8) is 0 Å². The molecular formula is C15H25N5O. The van der Waals surface area contributed by atoms with Gasteiger partial charge in [0.1, 0.15) is 12.4 Å². The Hall–Kier alpha value is -1.82. The Labute approximate surface area is 126 Å². The molecule has 0 bridgehead atoms. The van der Waals surface area contributed by atoms with Gasteiger partial charge in [-0.15, -0.1) is 0 Å². The standard InChI is InChI=1S/C15H25N5O/c1-4-7-16-13-12-20-9-8-17-14(20)15(18-13)21-11-10-19(5-2)6-3/h8-9,12,16H,4-7,10-11H2,1-3H3. The maximum atomic E-state index is 5.86. The van der Waals surface area contributed by atoms with Gasteiger partial charge in [-0.1, -0.05) is 20.8 Å². The van der Waals surface area contributed by atoms with E-state index in [9.17, 15) is 0 Å². The lowest BCUT2D eigenvalue weighted by Crippen LogP contribution is -2.28. The van der Waals surface area contributed by atoms with E-state index in [0.717, 1.165) is 44.1 Å². The Bertz CT molecular complexity index is 550. The van der Waals surface area contributed by atoms with E-state index >= 15 is 0 Å². The van der Waals surface area contributed by atoms with Gasteiger partial charge in [0, 0.05) is 25.5 Å². The normalized spacial score (nSPS) is 11.2. The molecule has 0 aliphatic heterocycles. The van der Waals surface area contributed by atoms with Gasteiger partial charge >= 0.3 is 0 Å². The number of hydrogen-bond acceptors (Lipinski definition) is 5. The zero-order valence-electron chi connectivity index (χ0n) is 13.2. The van der Waals surface area contributed by atoms with Crippen LogP contribution in [0.4, 0.5) is 5.82 Å². The number of rotatable bonds is 9. The predicted molar refractivity (Wildman–Crippen MR) is 85.1 cm³/mol. The van der Waals surface area contributed by atoms with Crippen LogP contribution in [-0.2, 0) is 0 Å². The third-order valence-electron chi connectivity index (χ3n) is 3.44. The van der Waals surface area contributed by atoms with Crippen LogP contribution >= 0.6 is 0 Å². The molecule has 0 atom stereocenters. The number of imidazole rings is 1. The lowest BCUT2D eigenvalue weighted by atomic mass is 10.4. The molecule has 0 saturated carbocycles. The molecule has 0 radical (unpaired) electrons. The maximum absolute atomic E-state index is 5.86. The minimum atomic E-state index is 0.591. The van der Waals surface area contributed by atoms with E-state index in [2.05, 4.69) is 41.0 Å². The van der Waals surface area contributed by atoms with Gasteiger partial charge in [0.05, 0.1) is 6.20 Å². The maximum Gasteiger partial charge on any atom is 0.260 e. The quantitative estimate of drug-likeness (QED) is 0.768. The molecule has 0 fully saturated rings. The van der Waals surface area contributed by atoms with Crippen molar-refractivity contribution in [1.82, 2.24) is 19.3 Å². The number of nitrogens with one attached hydrogen (secondary N) is 1. The van der Waals surface area contributed by atoms with Crippen molar-refractivity contribution in [2.45, 2.75) is 27.2 Å². The van der Waals surface area contributed by atoms with Crippen molar-refractivity contribution in [1.29, 1.82) is 0 Å². The van der Waals surface area contributed by atoms with Crippen molar-refractivity contribution in [3.05, 3.63) is 18.6 Å². The highest BCUT2D eigenvalue weighted by molar-refractivity contribution is 5.53. The van der Waals surface area contributed by atoms with Crippen LogP contribution in [0.1, 0.15) is 27.2 Å². The largest absolute Gasteiger partial charge is 0.474 e. The topological polar surface area (TPSA) is 54.7 Å². The first-order valence-corrected chi connectivity index (χ1v) is 7.71. The SMILES string of the molecule is CCCNc1cn2ccnc2c(OCCN(CC)CC)n1. The summed E-state index contributed by atoms with van der Waals surface area (Å²) in [5, 5.41) is 3.29. The average molecular weight is 291 g/mol. The average Bonchev–Trinajstić information content (AvgIpc) is 2.98. The number of anilines is 1. The Balaban J connectivity index is 2.07. The van der Waals surface area contributed by atoms with Crippen LogP contribution in [0.5, 0.6) is 5.88 Å². The number of fused-ring (bicyclic) bond motifs is 1. The molecule has 6 heteroatoms. The van der Waals surface area contributed by atoms with Crippen LogP contribution in [0.3, 0.4) is 0 Å². The molecule has 0 amide bonds. The molecule has 6 nitrogen and oxygen atoms in total. The number of aromatic nitrogens is 3. The minimum absolute atomic E-state index is 0.591. The van der Waals surface area contributed by atoms with Gasteiger partial charge in [0.2, 0.25) is 5.65 Å². The fourth-order valence-corrected chi connectivity index (χ4v) is 2.15. The van der Waals surface area contributed by atoms with Crippen LogP contribution in [-0.4, -0.2) is 52.1 Å². The number of likely N-dealkylation sites (N-methyl/N-ethyl adjacent to an activating group) is 1. The summed E-state index contributed by atoms with van der Waals surface area (Å²) in [7, 11) is 0. The lowest BCUT2D eigenvalue weighted by molar-refractivity contribution is 0.219. The van der Waals surface area contributed by atoms with E-state index < -0.39 is 0 Å². The van der Waals surface area contributed by atoms with Crippen molar-refractivity contribution < 1.29 is 4.74 Å². The summed E-state index contributed by atoms with van der Waals surface area (Å²) in [6.45, 7) is 10.9. The summed E-state index contributed by atoms with van der Waals surface area (Å²) in [5.41, 5.74) is 0.761. The molecule has 0 aliphatic rings. The van der Waals surface area contributed by atoms with Crippen LogP contribution in [0.2, 0.25) is 0 Å². The highest BCUT2D eigenvalue weighted by Gasteiger charge is 2.09. The van der Waals surface area contributed by atoms with Crippen molar-refractivity contribution >= 4 is 11.5 Å². The van der Waals surface area contributed by atoms with Crippen molar-refractivity contribution in [2.24, 2.45) is 0 Å². The molecule has 2 aromatic rings. The second kappa shape index (κ2) is 7.83. The number of ether oxygens (including phenoxy) is 1. The molecular weight excluding hydrogens is 266 g/mol. The van der Waals surface area contributed by atoms with Gasteiger partial charge in [-0.05, 0) is 19.5 Å². The van der Waals surface area contributed by atoms with Gasteiger partial charge in [0.25, 0.3) is 5.88 Å². The molecule has 0 unspecified atom stereocenters. The van der Waals surface area contributed by atoms with Crippen LogP contribution in [0.15, 0.2) is 18.6 Å². The summed E-state index contributed by atoms with van der Waals surface area (Å²) < 4.78 is 7.80. The Morgan fingerprint density at radius 1 is 1.29 bits per heavy atom. The third kappa shape index (κ3) is 4.07. The Kier molecular flexibility index (Phi) is 5.80. The summed E-state index contributed by atoms with van der Waals surface area (Å²) in [6, 6.07) is 0. The first-order chi connectivity index (χ1) is 10.3. The summed E-state index contributed by atoms with van der Waals surface area (Å²) in [4.78, 5) is 11.2. The fourth-order valence-electron chi connectivity index (χ4n) is 2.15. The zero-order valence-corrected chi connectivity index (χ0v) is 13.2. The smallest absolute Gasteiger partial charge is 0.260 e. The molecule has 2 aromatic heterocycles. The highest BCUT2D eigenvalue weighted by atomic mass is 16.5. The molecule has 0 saturated heterocycles. The van der Waals surface area contributed by atoms with Gasteiger partial charge in [-0.25, -0.2) is 4.98 Å². The van der Waals surface area contributed by atoms with E-state index in [4.69, 9.17) is 4.74 Å². The van der Waals surface area contributed by atoms with Crippen molar-refractivity contribution in [3.8, 4) is 5.88 Å². The van der Waals surface area contributed by atoms with Gasteiger partial charge in [-0.2, -0.15) is 4.98 Å². The summed E-state index contributed by atoms with van der Waals surface area (Å²) >= 11 is 0. The third-order valence-corrected chi connectivity index (χ3v) is 3.44. The van der Waals surface area contributed by atoms with E-state index in [1.165, 1.54) is 0 Å². The van der Waals surface area contributed by atoms with Crippen LogP contribution in [0, 0.1) is 0 Å². The lowest BCUT2D eigenvalue weighted by Gasteiger charge is -2.18. The fraction of sp³-hybridized carbons (Fsp3) is 0.600. The summed E-state index contributed by atoms with van der Waals surface area (Å²) in [5.74, 6) is 1.41. The predicted octanol–water partition coefficient (Wildman–Crippen LogP) is 2.27. The second-order valence-electron chi connectivity index (χ2n) is 4.89. The summed E-state index contributed by atoms with van der Waals surface area (Å²) in [6.07, 6.45) is 6.67. The zero-order chi connectivity index (χ0) is 15.1. The molecule has 1 N–H and O–H groups in total. The number of hydrogen-bond donors (Lipinski definition) is 1. The van der Waals surface area contributed by atoms with Gasteiger partial charge < -0.3 is 15.0 Å². The molecule has 0 aliphatic carbocycles. The van der Waals surface area contributed by atoms with Gasteiger partial charge in [0.15, 0.2) is 0 Å². The molecule has 0 spiro atoms. The van der Waals surface area contributed by atoms with E-state index in [0.29, 0.717) is 12.5 Å². The van der Waals surface area contributed by atoms with Gasteiger partial charge in [-0.3, -0.25) is 4.40 Å². The van der Waals surface area contributed by atoms with Crippen LogP contribution in [0.25, 0.3) is 5.65 Å². The Morgan fingerprint density at radius 2 is 2.10 bits per heavy atom. The van der Waals surface area contributed by atoms with Crippen LogP contribution < -0.4 is 10.1 Å².